The molecule has 0 radical (unpaired) electrons. The summed E-state index contributed by atoms with van der Waals surface area (Å²) in [5.41, 5.74) is 0.970. The molecule has 0 aromatic heterocycles. The lowest BCUT2D eigenvalue weighted by Crippen LogP contribution is -2.54. The number of carbonyl (C=O) groups is 1. The monoisotopic (exact) mass is 334 g/mol. The molecule has 2 heterocycles. The number of nitrogens with zero attached hydrogens (tertiary/aromatic N) is 2. The molecule has 0 unspecified atom stereocenters. The maximum absolute atomic E-state index is 13.3. The normalized spacial score (nSPS) is 23.8. The van der Waals surface area contributed by atoms with Crippen LogP contribution in [0.3, 0.4) is 0 Å². The first-order valence-electron chi connectivity index (χ1n) is 8.78. The molecule has 0 aliphatic carbocycles. The van der Waals surface area contributed by atoms with Crippen molar-refractivity contribution in [3.05, 3.63) is 35.6 Å². The highest BCUT2D eigenvalue weighted by Crippen LogP contribution is 2.40. The predicted molar refractivity (Wildman–Crippen MR) is 91.3 cm³/mol. The van der Waals surface area contributed by atoms with Crippen LogP contribution in [0.25, 0.3) is 0 Å². The van der Waals surface area contributed by atoms with Crippen molar-refractivity contribution in [2.24, 2.45) is 0 Å². The predicted octanol–water partition coefficient (Wildman–Crippen LogP) is 2.47. The lowest BCUT2D eigenvalue weighted by molar-refractivity contribution is -0.133. The van der Waals surface area contributed by atoms with Crippen molar-refractivity contribution in [2.75, 3.05) is 33.9 Å². The SMILES string of the molecule is COC[C@@H]1CCC2(CCN(C(=O)Cc3cccc(F)c3)CC2)N1C. The van der Waals surface area contributed by atoms with E-state index in [0.717, 1.165) is 38.1 Å². The molecule has 132 valence electrons. The van der Waals surface area contributed by atoms with Crippen LogP contribution in [-0.4, -0.2) is 61.1 Å². The van der Waals surface area contributed by atoms with E-state index in [4.69, 9.17) is 4.74 Å². The van der Waals surface area contributed by atoms with Crippen LogP contribution in [0.4, 0.5) is 4.39 Å². The number of amides is 1. The van der Waals surface area contributed by atoms with E-state index in [1.54, 1.807) is 13.2 Å². The van der Waals surface area contributed by atoms with Gasteiger partial charge in [0.1, 0.15) is 5.82 Å². The zero-order chi connectivity index (χ0) is 17.2. The first-order valence-corrected chi connectivity index (χ1v) is 8.78. The van der Waals surface area contributed by atoms with Crippen LogP contribution in [0.2, 0.25) is 0 Å². The van der Waals surface area contributed by atoms with Crippen LogP contribution in [0.15, 0.2) is 24.3 Å². The van der Waals surface area contributed by atoms with Crippen molar-refractivity contribution in [1.29, 1.82) is 0 Å². The zero-order valence-electron chi connectivity index (χ0n) is 14.6. The van der Waals surface area contributed by atoms with Gasteiger partial charge in [0.25, 0.3) is 0 Å². The molecule has 1 aromatic rings. The van der Waals surface area contributed by atoms with Gasteiger partial charge in [0.2, 0.25) is 5.91 Å². The second-order valence-electron chi connectivity index (χ2n) is 7.17. The van der Waals surface area contributed by atoms with E-state index >= 15 is 0 Å². The summed E-state index contributed by atoms with van der Waals surface area (Å²) in [7, 11) is 3.95. The average Bonchev–Trinajstić information content (AvgIpc) is 2.86. The number of benzene rings is 1. The fourth-order valence-electron chi connectivity index (χ4n) is 4.29. The second-order valence-corrected chi connectivity index (χ2v) is 7.17. The molecule has 1 atom stereocenters. The molecule has 1 amide bonds. The molecule has 1 aromatic carbocycles. The molecule has 2 fully saturated rings. The Bertz CT molecular complexity index is 584. The summed E-state index contributed by atoms with van der Waals surface area (Å²) in [5.74, 6) is -0.181. The number of ether oxygens (including phenoxy) is 1. The van der Waals surface area contributed by atoms with Crippen molar-refractivity contribution in [1.82, 2.24) is 9.80 Å². The molecule has 0 bridgehead atoms. The Morgan fingerprint density at radius 2 is 2.08 bits per heavy atom. The number of rotatable bonds is 4. The van der Waals surface area contributed by atoms with Crippen LogP contribution in [0.5, 0.6) is 0 Å². The maximum Gasteiger partial charge on any atom is 0.226 e. The van der Waals surface area contributed by atoms with Gasteiger partial charge in [-0.1, -0.05) is 12.1 Å². The molecule has 2 aliphatic rings. The van der Waals surface area contributed by atoms with E-state index in [9.17, 15) is 9.18 Å². The minimum absolute atomic E-state index is 0.101. The van der Waals surface area contributed by atoms with Gasteiger partial charge in [-0.3, -0.25) is 9.69 Å². The minimum Gasteiger partial charge on any atom is -0.383 e. The van der Waals surface area contributed by atoms with Crippen molar-refractivity contribution >= 4 is 5.91 Å². The molecular formula is C19H27FN2O2. The summed E-state index contributed by atoms with van der Waals surface area (Å²) >= 11 is 0. The number of halogens is 1. The van der Waals surface area contributed by atoms with E-state index in [-0.39, 0.29) is 23.7 Å². The number of hydrogen-bond acceptors (Lipinski definition) is 3. The number of carbonyl (C=O) groups excluding carboxylic acids is 1. The van der Waals surface area contributed by atoms with Crippen LogP contribution in [0, 0.1) is 5.82 Å². The number of likely N-dealkylation sites (tertiary alicyclic amines) is 2. The first-order chi connectivity index (χ1) is 11.5. The zero-order valence-corrected chi connectivity index (χ0v) is 14.6. The van der Waals surface area contributed by atoms with Gasteiger partial charge in [0, 0.05) is 31.8 Å². The Balaban J connectivity index is 1.56. The molecule has 2 aliphatic heterocycles. The van der Waals surface area contributed by atoms with Gasteiger partial charge in [0.15, 0.2) is 0 Å². The largest absolute Gasteiger partial charge is 0.383 e. The first kappa shape index (κ1) is 17.4. The fraction of sp³-hybridized carbons (Fsp3) is 0.632. The third-order valence-electron chi connectivity index (χ3n) is 5.89. The molecule has 3 rings (SSSR count). The number of hydrogen-bond donors (Lipinski definition) is 0. The van der Waals surface area contributed by atoms with Crippen LogP contribution in [-0.2, 0) is 16.0 Å². The van der Waals surface area contributed by atoms with Gasteiger partial charge in [-0.25, -0.2) is 4.39 Å². The maximum atomic E-state index is 13.3. The van der Waals surface area contributed by atoms with Crippen LogP contribution in [0.1, 0.15) is 31.2 Å². The van der Waals surface area contributed by atoms with E-state index < -0.39 is 0 Å². The summed E-state index contributed by atoms with van der Waals surface area (Å²) in [6.45, 7) is 2.36. The number of likely N-dealkylation sites (N-methyl/N-ethyl adjacent to an activating group) is 1. The molecule has 0 N–H and O–H groups in total. The molecule has 4 nitrogen and oxygen atoms in total. The Kier molecular flexibility index (Phi) is 5.21. The number of piperidine rings is 1. The van der Waals surface area contributed by atoms with Gasteiger partial charge in [-0.05, 0) is 50.4 Å². The van der Waals surface area contributed by atoms with E-state index in [1.807, 2.05) is 11.0 Å². The van der Waals surface area contributed by atoms with Gasteiger partial charge in [-0.2, -0.15) is 0 Å². The lowest BCUT2D eigenvalue weighted by atomic mass is 9.85. The van der Waals surface area contributed by atoms with Gasteiger partial charge < -0.3 is 9.64 Å². The van der Waals surface area contributed by atoms with Gasteiger partial charge in [0.05, 0.1) is 13.0 Å². The summed E-state index contributed by atoms with van der Waals surface area (Å²) in [4.78, 5) is 16.9. The second kappa shape index (κ2) is 7.19. The van der Waals surface area contributed by atoms with E-state index in [0.29, 0.717) is 6.04 Å². The highest BCUT2D eigenvalue weighted by Gasteiger charge is 2.46. The Morgan fingerprint density at radius 3 is 2.75 bits per heavy atom. The Labute approximate surface area is 143 Å². The molecule has 5 heteroatoms. The highest BCUT2D eigenvalue weighted by molar-refractivity contribution is 5.78. The van der Waals surface area contributed by atoms with Crippen LogP contribution < -0.4 is 0 Å². The van der Waals surface area contributed by atoms with Gasteiger partial charge in [-0.15, -0.1) is 0 Å². The smallest absolute Gasteiger partial charge is 0.226 e. The highest BCUT2D eigenvalue weighted by atomic mass is 19.1. The topological polar surface area (TPSA) is 32.8 Å². The molecule has 24 heavy (non-hydrogen) atoms. The van der Waals surface area contributed by atoms with Crippen molar-refractivity contribution < 1.29 is 13.9 Å². The van der Waals surface area contributed by atoms with Gasteiger partial charge >= 0.3 is 0 Å². The van der Waals surface area contributed by atoms with Crippen LogP contribution >= 0.6 is 0 Å². The Hall–Kier alpha value is -1.46. The fourth-order valence-corrected chi connectivity index (χ4v) is 4.29. The third-order valence-corrected chi connectivity index (χ3v) is 5.89. The summed E-state index contributed by atoms with van der Waals surface area (Å²) < 4.78 is 18.6. The molecule has 2 saturated heterocycles. The Morgan fingerprint density at radius 1 is 1.33 bits per heavy atom. The standard InChI is InChI=1S/C19H27FN2O2/c1-21-17(14-24-2)6-7-19(21)8-10-22(11-9-19)18(23)13-15-4-3-5-16(20)12-15/h3-5,12,17H,6-11,13-14H2,1-2H3/t17-/m0/s1. The van der Waals surface area contributed by atoms with Crippen molar-refractivity contribution in [2.45, 2.75) is 43.7 Å². The molecule has 0 saturated carbocycles. The average molecular weight is 334 g/mol. The minimum atomic E-state index is -0.283. The van der Waals surface area contributed by atoms with Crippen molar-refractivity contribution in [3.63, 3.8) is 0 Å². The summed E-state index contributed by atoms with van der Waals surface area (Å²) in [5, 5.41) is 0. The molecule has 1 spiro atoms. The quantitative estimate of drug-likeness (QED) is 0.848. The van der Waals surface area contributed by atoms with E-state index in [1.165, 1.54) is 25.0 Å². The number of methoxy groups -OCH3 is 1. The summed E-state index contributed by atoms with van der Waals surface area (Å²) in [6.07, 6.45) is 4.66. The molecular weight excluding hydrogens is 307 g/mol. The lowest BCUT2D eigenvalue weighted by Gasteiger charge is -2.45. The summed E-state index contributed by atoms with van der Waals surface area (Å²) in [6, 6.07) is 6.82. The third kappa shape index (κ3) is 3.47. The van der Waals surface area contributed by atoms with E-state index in [2.05, 4.69) is 11.9 Å². The van der Waals surface area contributed by atoms with Crippen molar-refractivity contribution in [3.8, 4) is 0 Å².